The maximum atomic E-state index is 13.1. The average molecular weight is 391 g/mol. The Labute approximate surface area is 158 Å². The Hall–Kier alpha value is -3.16. The summed E-state index contributed by atoms with van der Waals surface area (Å²) in [5.74, 6) is -1.83. The fourth-order valence-electron chi connectivity index (χ4n) is 3.07. The maximum absolute atomic E-state index is 13.1. The van der Waals surface area contributed by atoms with Gasteiger partial charge in [0.1, 0.15) is 6.10 Å². The van der Waals surface area contributed by atoms with Gasteiger partial charge in [-0.05, 0) is 25.1 Å². The third-order valence-electron chi connectivity index (χ3n) is 4.43. The molecular formula is C20H16F3NO4. The standard InChI is InChI=1S/C20H16F3NO4/c1-12(13-6-4-5-9-16(13)20(21,22)23)28-17(25)10-11-24-18(26)14-7-2-3-8-15(14)19(24)27/h2-9,12H,10-11H2,1H3/t12-/m1/s1. The number of carbonyl (C=O) groups excluding carboxylic acids is 3. The molecule has 1 aliphatic heterocycles. The molecule has 0 fully saturated rings. The molecule has 0 saturated heterocycles. The normalized spacial score (nSPS) is 14.8. The second-order valence-electron chi connectivity index (χ2n) is 6.27. The zero-order valence-electron chi connectivity index (χ0n) is 14.8. The van der Waals surface area contributed by atoms with Crippen molar-refractivity contribution in [3.8, 4) is 0 Å². The van der Waals surface area contributed by atoms with Gasteiger partial charge < -0.3 is 4.74 Å². The number of alkyl halides is 3. The van der Waals surface area contributed by atoms with Crippen molar-refractivity contribution in [2.75, 3.05) is 6.54 Å². The minimum Gasteiger partial charge on any atom is -0.458 e. The Morgan fingerprint density at radius 3 is 2.11 bits per heavy atom. The molecule has 2 amide bonds. The van der Waals surface area contributed by atoms with Crippen LogP contribution < -0.4 is 0 Å². The molecule has 2 aromatic carbocycles. The molecule has 1 aliphatic rings. The van der Waals surface area contributed by atoms with Gasteiger partial charge in [-0.2, -0.15) is 13.2 Å². The Bertz CT molecular complexity index is 904. The largest absolute Gasteiger partial charge is 0.458 e. The highest BCUT2D eigenvalue weighted by Crippen LogP contribution is 2.35. The first-order chi connectivity index (χ1) is 13.2. The molecule has 2 aromatic rings. The Balaban J connectivity index is 1.63. The Morgan fingerprint density at radius 2 is 1.54 bits per heavy atom. The Morgan fingerprint density at radius 1 is 1.00 bits per heavy atom. The van der Waals surface area contributed by atoms with Gasteiger partial charge in [0, 0.05) is 12.1 Å². The molecule has 0 aliphatic carbocycles. The number of hydrogen-bond donors (Lipinski definition) is 0. The van der Waals surface area contributed by atoms with Crippen molar-refractivity contribution in [3.05, 3.63) is 70.8 Å². The van der Waals surface area contributed by atoms with Gasteiger partial charge in [0.05, 0.1) is 23.1 Å². The average Bonchev–Trinajstić information content (AvgIpc) is 2.90. The number of hydrogen-bond acceptors (Lipinski definition) is 4. The molecule has 8 heteroatoms. The molecule has 3 rings (SSSR count). The first-order valence-electron chi connectivity index (χ1n) is 8.51. The molecular weight excluding hydrogens is 375 g/mol. The van der Waals surface area contributed by atoms with Gasteiger partial charge in [0.15, 0.2) is 0 Å². The summed E-state index contributed by atoms with van der Waals surface area (Å²) >= 11 is 0. The van der Waals surface area contributed by atoms with E-state index in [-0.39, 0.29) is 29.7 Å². The number of esters is 1. The lowest BCUT2D eigenvalue weighted by Gasteiger charge is -2.19. The van der Waals surface area contributed by atoms with Gasteiger partial charge >= 0.3 is 12.1 Å². The number of benzene rings is 2. The van der Waals surface area contributed by atoms with Crippen LogP contribution in [-0.4, -0.2) is 29.2 Å². The lowest BCUT2D eigenvalue weighted by molar-refractivity contribution is -0.151. The molecule has 146 valence electrons. The van der Waals surface area contributed by atoms with Gasteiger partial charge in [-0.1, -0.05) is 30.3 Å². The number of rotatable bonds is 5. The summed E-state index contributed by atoms with van der Waals surface area (Å²) in [4.78, 5) is 37.5. The molecule has 0 unspecified atom stereocenters. The van der Waals surface area contributed by atoms with Gasteiger partial charge in [0.2, 0.25) is 0 Å². The van der Waals surface area contributed by atoms with Crippen LogP contribution in [0.2, 0.25) is 0 Å². The van der Waals surface area contributed by atoms with Crippen molar-refractivity contribution >= 4 is 17.8 Å². The number of nitrogens with zero attached hydrogens (tertiary/aromatic N) is 1. The lowest BCUT2D eigenvalue weighted by atomic mass is 10.0. The molecule has 0 bridgehead atoms. The van der Waals surface area contributed by atoms with Crippen LogP contribution in [0.15, 0.2) is 48.5 Å². The van der Waals surface area contributed by atoms with Crippen molar-refractivity contribution in [3.63, 3.8) is 0 Å². The number of imide groups is 1. The van der Waals surface area contributed by atoms with E-state index >= 15 is 0 Å². The van der Waals surface area contributed by atoms with Gasteiger partial charge in [0.25, 0.3) is 11.8 Å². The quantitative estimate of drug-likeness (QED) is 0.571. The van der Waals surface area contributed by atoms with Crippen LogP contribution >= 0.6 is 0 Å². The van der Waals surface area contributed by atoms with Crippen LogP contribution in [0.25, 0.3) is 0 Å². The monoisotopic (exact) mass is 391 g/mol. The summed E-state index contributed by atoms with van der Waals surface area (Å²) in [6.07, 6.45) is -6.02. The van der Waals surface area contributed by atoms with E-state index in [9.17, 15) is 27.6 Å². The number of carbonyl (C=O) groups is 3. The van der Waals surface area contributed by atoms with Gasteiger partial charge in [-0.15, -0.1) is 0 Å². The second kappa shape index (κ2) is 7.46. The summed E-state index contributed by atoms with van der Waals surface area (Å²) in [7, 11) is 0. The highest BCUT2D eigenvalue weighted by atomic mass is 19.4. The van der Waals surface area contributed by atoms with Crippen LogP contribution in [0.4, 0.5) is 13.2 Å². The number of halogens is 3. The minimum absolute atomic E-state index is 0.163. The van der Waals surface area contributed by atoms with Crippen LogP contribution in [0, 0.1) is 0 Å². The molecule has 0 aromatic heterocycles. The van der Waals surface area contributed by atoms with Crippen LogP contribution in [0.1, 0.15) is 51.3 Å². The van der Waals surface area contributed by atoms with E-state index in [2.05, 4.69) is 0 Å². The SMILES string of the molecule is C[C@@H](OC(=O)CCN1C(=O)c2ccccc2C1=O)c1ccccc1C(F)(F)F. The second-order valence-corrected chi connectivity index (χ2v) is 6.27. The summed E-state index contributed by atoms with van der Waals surface area (Å²) in [6.45, 7) is 1.13. The van der Waals surface area contributed by atoms with E-state index < -0.39 is 35.6 Å². The predicted octanol–water partition coefficient (Wildman–Crippen LogP) is 4.00. The van der Waals surface area contributed by atoms with Crippen molar-refractivity contribution in [1.29, 1.82) is 0 Å². The molecule has 5 nitrogen and oxygen atoms in total. The van der Waals surface area contributed by atoms with E-state index in [1.807, 2.05) is 0 Å². The summed E-state index contributed by atoms with van der Waals surface area (Å²) in [6, 6.07) is 11.1. The van der Waals surface area contributed by atoms with Crippen molar-refractivity contribution in [2.45, 2.75) is 25.6 Å². The van der Waals surface area contributed by atoms with Crippen molar-refractivity contribution in [1.82, 2.24) is 4.90 Å². The lowest BCUT2D eigenvalue weighted by Crippen LogP contribution is -2.32. The van der Waals surface area contributed by atoms with E-state index in [0.717, 1.165) is 11.0 Å². The highest BCUT2D eigenvalue weighted by molar-refractivity contribution is 6.21. The first kappa shape index (κ1) is 19.6. The maximum Gasteiger partial charge on any atom is 0.416 e. The summed E-state index contributed by atoms with van der Waals surface area (Å²) in [5.41, 5.74) is -0.526. The smallest absolute Gasteiger partial charge is 0.416 e. The highest BCUT2D eigenvalue weighted by Gasteiger charge is 2.36. The van der Waals surface area contributed by atoms with Crippen molar-refractivity contribution in [2.24, 2.45) is 0 Å². The summed E-state index contributed by atoms with van der Waals surface area (Å²) < 4.78 is 44.4. The molecule has 0 N–H and O–H groups in total. The van der Waals surface area contributed by atoms with Crippen LogP contribution in [0.3, 0.4) is 0 Å². The van der Waals surface area contributed by atoms with Gasteiger partial charge in [-0.3, -0.25) is 19.3 Å². The topological polar surface area (TPSA) is 63.7 Å². The van der Waals surface area contributed by atoms with E-state index in [1.165, 1.54) is 37.3 Å². The zero-order chi connectivity index (χ0) is 20.5. The number of fused-ring (bicyclic) bond motifs is 1. The third-order valence-corrected chi connectivity index (χ3v) is 4.43. The van der Waals surface area contributed by atoms with Gasteiger partial charge in [-0.25, -0.2) is 0 Å². The first-order valence-corrected chi connectivity index (χ1v) is 8.51. The molecule has 1 heterocycles. The fourth-order valence-corrected chi connectivity index (χ4v) is 3.07. The fraction of sp³-hybridized carbons (Fsp3) is 0.250. The Kier molecular flexibility index (Phi) is 5.22. The number of amides is 2. The summed E-state index contributed by atoms with van der Waals surface area (Å²) in [5, 5.41) is 0. The molecule has 0 spiro atoms. The van der Waals surface area contributed by atoms with Crippen LogP contribution in [0.5, 0.6) is 0 Å². The predicted molar refractivity (Wildman–Crippen MR) is 92.4 cm³/mol. The van der Waals surface area contributed by atoms with Crippen molar-refractivity contribution < 1.29 is 32.3 Å². The molecule has 1 atom stereocenters. The number of ether oxygens (including phenoxy) is 1. The van der Waals surface area contributed by atoms with E-state index in [4.69, 9.17) is 4.74 Å². The van der Waals surface area contributed by atoms with Crippen LogP contribution in [-0.2, 0) is 15.7 Å². The molecule has 28 heavy (non-hydrogen) atoms. The molecule has 0 radical (unpaired) electrons. The van der Waals surface area contributed by atoms with E-state index in [1.54, 1.807) is 12.1 Å². The molecule has 0 saturated carbocycles. The minimum atomic E-state index is -4.57. The van der Waals surface area contributed by atoms with E-state index in [0.29, 0.717) is 0 Å². The third kappa shape index (κ3) is 3.76. The zero-order valence-corrected chi connectivity index (χ0v) is 14.8.